The Balaban J connectivity index is 1.12. The van der Waals surface area contributed by atoms with Gasteiger partial charge in [-0.2, -0.15) is 0 Å². The number of imide groups is 1. The first kappa shape index (κ1) is 21.8. The van der Waals surface area contributed by atoms with E-state index in [0.29, 0.717) is 29.8 Å². The third kappa shape index (κ3) is 4.08. The lowest BCUT2D eigenvalue weighted by atomic mass is 9.91. The van der Waals surface area contributed by atoms with E-state index >= 15 is 0 Å². The lowest BCUT2D eigenvalue weighted by Crippen LogP contribution is -2.41. The minimum Gasteiger partial charge on any atom is -0.352 e. The standard InChI is InChI=1S/C27H25BrN2O3/c28-20-11-7-19(8-12-20)25(31)29-15-3-1-2-4-16-30-26(32)21-13-9-17-5-6-18-10-14-22(27(30)33)24(21)23(17)18/h7-14H,1-6,15-16H2,(H,29,31). The van der Waals surface area contributed by atoms with Gasteiger partial charge in [0, 0.05) is 39.6 Å². The Kier molecular flexibility index (Phi) is 6.02. The molecule has 1 heterocycles. The molecule has 5 nitrogen and oxygen atoms in total. The molecule has 168 valence electrons. The topological polar surface area (TPSA) is 66.5 Å². The van der Waals surface area contributed by atoms with E-state index in [1.807, 2.05) is 36.4 Å². The highest BCUT2D eigenvalue weighted by atomic mass is 79.9. The van der Waals surface area contributed by atoms with Gasteiger partial charge in [0.25, 0.3) is 17.7 Å². The highest BCUT2D eigenvalue weighted by molar-refractivity contribution is 9.10. The molecule has 0 saturated carbocycles. The van der Waals surface area contributed by atoms with Gasteiger partial charge in [-0.1, -0.05) is 40.9 Å². The molecule has 0 fully saturated rings. The van der Waals surface area contributed by atoms with Crippen LogP contribution in [0.4, 0.5) is 0 Å². The van der Waals surface area contributed by atoms with Crippen LogP contribution >= 0.6 is 15.9 Å². The van der Waals surface area contributed by atoms with Gasteiger partial charge in [-0.25, -0.2) is 0 Å². The van der Waals surface area contributed by atoms with Crippen molar-refractivity contribution >= 4 is 44.4 Å². The highest BCUT2D eigenvalue weighted by Crippen LogP contribution is 2.38. The number of hydrogen-bond donors (Lipinski definition) is 1. The molecule has 1 N–H and O–H groups in total. The molecular weight excluding hydrogens is 480 g/mol. The number of halogens is 1. The van der Waals surface area contributed by atoms with E-state index < -0.39 is 0 Å². The van der Waals surface area contributed by atoms with Crippen molar-refractivity contribution in [1.29, 1.82) is 0 Å². The van der Waals surface area contributed by atoms with E-state index in [4.69, 9.17) is 0 Å². The highest BCUT2D eigenvalue weighted by Gasteiger charge is 2.34. The van der Waals surface area contributed by atoms with Crippen molar-refractivity contribution < 1.29 is 14.4 Å². The first-order valence-electron chi connectivity index (χ1n) is 11.5. The predicted octanol–water partition coefficient (Wildman–Crippen LogP) is 5.29. The second-order valence-electron chi connectivity index (χ2n) is 8.73. The van der Waals surface area contributed by atoms with Crippen LogP contribution in [0.5, 0.6) is 0 Å². The van der Waals surface area contributed by atoms with E-state index in [0.717, 1.165) is 53.8 Å². The fourth-order valence-electron chi connectivity index (χ4n) is 4.93. The molecule has 0 bridgehead atoms. The van der Waals surface area contributed by atoms with Crippen LogP contribution in [0, 0.1) is 0 Å². The average molecular weight is 505 g/mol. The summed E-state index contributed by atoms with van der Waals surface area (Å²) in [6.45, 7) is 1.03. The number of rotatable bonds is 8. The Bertz CT molecular complexity index is 1210. The van der Waals surface area contributed by atoms with E-state index in [2.05, 4.69) is 21.2 Å². The zero-order valence-electron chi connectivity index (χ0n) is 18.3. The molecule has 3 aromatic carbocycles. The minimum absolute atomic E-state index is 0.0740. The van der Waals surface area contributed by atoms with Gasteiger partial charge in [0.2, 0.25) is 0 Å². The number of carbonyl (C=O) groups excluding carboxylic acids is 3. The molecule has 5 rings (SSSR count). The van der Waals surface area contributed by atoms with Gasteiger partial charge >= 0.3 is 0 Å². The molecule has 2 aliphatic rings. The van der Waals surface area contributed by atoms with Gasteiger partial charge in [-0.3, -0.25) is 19.3 Å². The van der Waals surface area contributed by atoms with Gasteiger partial charge in [0.05, 0.1) is 0 Å². The molecule has 1 aliphatic carbocycles. The summed E-state index contributed by atoms with van der Waals surface area (Å²) in [5.41, 5.74) is 4.44. The molecule has 0 saturated heterocycles. The number of unbranched alkanes of at least 4 members (excludes halogenated alkanes) is 3. The molecule has 0 unspecified atom stereocenters. The van der Waals surface area contributed by atoms with Crippen LogP contribution in [-0.2, 0) is 12.8 Å². The zero-order valence-corrected chi connectivity index (χ0v) is 19.9. The Hall–Kier alpha value is -2.99. The van der Waals surface area contributed by atoms with Crippen LogP contribution in [0.25, 0.3) is 10.8 Å². The monoisotopic (exact) mass is 504 g/mol. The Morgan fingerprint density at radius 2 is 1.39 bits per heavy atom. The van der Waals surface area contributed by atoms with Crippen LogP contribution in [0.2, 0.25) is 0 Å². The maximum absolute atomic E-state index is 13.1. The normalized spacial score (nSPS) is 14.3. The molecule has 3 amide bonds. The third-order valence-electron chi connectivity index (χ3n) is 6.65. The van der Waals surface area contributed by atoms with Crippen LogP contribution in [0.15, 0.2) is 53.0 Å². The molecule has 0 radical (unpaired) electrons. The van der Waals surface area contributed by atoms with Gasteiger partial charge in [0.1, 0.15) is 0 Å². The number of benzene rings is 3. The SMILES string of the molecule is O=C(NCCCCCCN1C(=O)c2ccc3c4c(ccc(c24)C1=O)CC3)c1ccc(Br)cc1. The lowest BCUT2D eigenvalue weighted by Gasteiger charge is -2.27. The molecule has 0 atom stereocenters. The second kappa shape index (κ2) is 9.10. The van der Waals surface area contributed by atoms with E-state index in [9.17, 15) is 14.4 Å². The molecule has 0 spiro atoms. The second-order valence-corrected chi connectivity index (χ2v) is 9.65. The van der Waals surface area contributed by atoms with Crippen LogP contribution in [0.3, 0.4) is 0 Å². The van der Waals surface area contributed by atoms with Crippen molar-refractivity contribution in [2.24, 2.45) is 0 Å². The van der Waals surface area contributed by atoms with E-state index in [1.165, 1.54) is 16.0 Å². The summed E-state index contributed by atoms with van der Waals surface area (Å²) < 4.78 is 0.943. The number of amides is 3. The summed E-state index contributed by atoms with van der Waals surface area (Å²) in [4.78, 5) is 39.8. The number of carbonyl (C=O) groups is 3. The van der Waals surface area contributed by atoms with E-state index in [-0.39, 0.29) is 17.7 Å². The molecular formula is C27H25BrN2O3. The van der Waals surface area contributed by atoms with Crippen molar-refractivity contribution in [2.75, 3.05) is 13.1 Å². The van der Waals surface area contributed by atoms with Crippen LogP contribution < -0.4 is 5.32 Å². The smallest absolute Gasteiger partial charge is 0.261 e. The van der Waals surface area contributed by atoms with Gasteiger partial charge in [-0.15, -0.1) is 0 Å². The Labute approximate surface area is 201 Å². The molecule has 0 aromatic heterocycles. The molecule has 1 aliphatic heterocycles. The van der Waals surface area contributed by atoms with E-state index in [1.54, 1.807) is 12.1 Å². The first-order valence-corrected chi connectivity index (χ1v) is 12.3. The Morgan fingerprint density at radius 3 is 2.03 bits per heavy atom. The van der Waals surface area contributed by atoms with Crippen molar-refractivity contribution in [3.63, 3.8) is 0 Å². The summed E-state index contributed by atoms with van der Waals surface area (Å²) in [7, 11) is 0. The largest absolute Gasteiger partial charge is 0.352 e. The van der Waals surface area contributed by atoms with Crippen molar-refractivity contribution in [3.8, 4) is 0 Å². The van der Waals surface area contributed by atoms with Crippen LogP contribution in [0.1, 0.15) is 67.9 Å². The average Bonchev–Trinajstić information content (AvgIpc) is 3.25. The summed E-state index contributed by atoms with van der Waals surface area (Å²) >= 11 is 3.36. The first-order chi connectivity index (χ1) is 16.0. The minimum atomic E-state index is -0.176. The van der Waals surface area contributed by atoms with Gasteiger partial charge < -0.3 is 5.32 Å². The van der Waals surface area contributed by atoms with Crippen LogP contribution in [-0.4, -0.2) is 35.7 Å². The summed E-state index contributed by atoms with van der Waals surface area (Å²) in [6.07, 6.45) is 5.39. The number of nitrogens with zero attached hydrogens (tertiary/aromatic N) is 1. The Morgan fingerprint density at radius 1 is 0.788 bits per heavy atom. The summed E-state index contributed by atoms with van der Waals surface area (Å²) in [5.74, 6) is -0.426. The fraction of sp³-hybridized carbons (Fsp3) is 0.296. The summed E-state index contributed by atoms with van der Waals surface area (Å²) in [6, 6.07) is 15.2. The third-order valence-corrected chi connectivity index (χ3v) is 7.18. The molecule has 3 aromatic rings. The number of aryl methyl sites for hydroxylation is 2. The predicted molar refractivity (Wildman–Crippen MR) is 132 cm³/mol. The van der Waals surface area contributed by atoms with Gasteiger partial charge in [-0.05, 0) is 78.6 Å². The van der Waals surface area contributed by atoms with Crippen molar-refractivity contribution in [2.45, 2.75) is 38.5 Å². The maximum atomic E-state index is 13.1. The summed E-state index contributed by atoms with van der Waals surface area (Å²) in [5, 5.41) is 4.91. The quantitative estimate of drug-likeness (QED) is 0.334. The van der Waals surface area contributed by atoms with Gasteiger partial charge in [0.15, 0.2) is 0 Å². The zero-order chi connectivity index (χ0) is 22.9. The molecule has 6 heteroatoms. The van der Waals surface area contributed by atoms with Crippen molar-refractivity contribution in [3.05, 3.63) is 80.8 Å². The number of nitrogens with one attached hydrogen (secondary N) is 1. The number of hydrogen-bond acceptors (Lipinski definition) is 3. The lowest BCUT2D eigenvalue weighted by molar-refractivity contribution is 0.0607. The fourth-order valence-corrected chi connectivity index (χ4v) is 5.19. The molecule has 33 heavy (non-hydrogen) atoms. The van der Waals surface area contributed by atoms with Crippen molar-refractivity contribution in [1.82, 2.24) is 10.2 Å². The maximum Gasteiger partial charge on any atom is 0.261 e.